The molecule has 1 heterocycles. The molecule has 3 N–H and O–H groups in total. The van der Waals surface area contributed by atoms with Crippen molar-refractivity contribution in [2.24, 2.45) is 5.73 Å². The van der Waals surface area contributed by atoms with Crippen LogP contribution in [-0.4, -0.2) is 60.1 Å². The number of carbonyl (C=O) groups excluding carboxylic acids is 1. The van der Waals surface area contributed by atoms with Crippen molar-refractivity contribution in [3.05, 3.63) is 29.8 Å². The highest BCUT2D eigenvalue weighted by Gasteiger charge is 2.21. The lowest BCUT2D eigenvalue weighted by Gasteiger charge is -2.34. The van der Waals surface area contributed by atoms with Gasteiger partial charge < -0.3 is 15.7 Å². The minimum atomic E-state index is 0.0777. The van der Waals surface area contributed by atoms with Crippen LogP contribution in [0.25, 0.3) is 0 Å². The van der Waals surface area contributed by atoms with E-state index in [1.807, 2.05) is 11.0 Å². The number of rotatable bonds is 4. The summed E-state index contributed by atoms with van der Waals surface area (Å²) in [5.41, 5.74) is 6.21. The molecular weight excluding hydrogens is 242 g/mol. The fourth-order valence-electron chi connectivity index (χ4n) is 2.34. The van der Waals surface area contributed by atoms with E-state index in [4.69, 9.17) is 5.73 Å². The van der Waals surface area contributed by atoms with Crippen molar-refractivity contribution in [3.8, 4) is 5.75 Å². The molecule has 5 nitrogen and oxygen atoms in total. The maximum absolute atomic E-state index is 12.2. The van der Waals surface area contributed by atoms with Crippen molar-refractivity contribution in [3.63, 3.8) is 0 Å². The minimum absolute atomic E-state index is 0.0777. The fourth-order valence-corrected chi connectivity index (χ4v) is 2.34. The topological polar surface area (TPSA) is 69.8 Å². The standard InChI is InChI=1S/C14H21N3O2/c15-5-6-16-7-9-17(10-8-16)14(19)11-12-3-1-2-4-13(12)18/h1-4,18H,5-11,15H2. The molecular formula is C14H21N3O2. The Labute approximate surface area is 113 Å². The number of piperazine rings is 1. The van der Waals surface area contributed by atoms with E-state index in [0.717, 1.165) is 32.7 Å². The summed E-state index contributed by atoms with van der Waals surface area (Å²) in [6.07, 6.45) is 0.267. The van der Waals surface area contributed by atoms with Gasteiger partial charge in [0.05, 0.1) is 6.42 Å². The predicted octanol–water partition coefficient (Wildman–Crippen LogP) is 0.0376. The molecule has 0 aromatic heterocycles. The number of carbonyl (C=O) groups is 1. The first kappa shape index (κ1) is 13.8. The minimum Gasteiger partial charge on any atom is -0.508 e. The van der Waals surface area contributed by atoms with E-state index in [-0.39, 0.29) is 18.1 Å². The molecule has 2 rings (SSSR count). The molecule has 0 saturated carbocycles. The third-order valence-corrected chi connectivity index (χ3v) is 3.50. The van der Waals surface area contributed by atoms with Gasteiger partial charge in [0.1, 0.15) is 5.75 Å². The molecule has 1 aliphatic heterocycles. The maximum atomic E-state index is 12.2. The van der Waals surface area contributed by atoms with Crippen LogP contribution in [0.4, 0.5) is 0 Å². The average molecular weight is 263 g/mol. The molecule has 1 amide bonds. The first-order valence-corrected chi connectivity index (χ1v) is 6.68. The Kier molecular flexibility index (Phi) is 4.76. The molecule has 1 aliphatic rings. The number of nitrogens with two attached hydrogens (primary N) is 1. The molecule has 0 bridgehead atoms. The SMILES string of the molecule is NCCN1CCN(C(=O)Cc2ccccc2O)CC1. The Bertz CT molecular complexity index is 428. The van der Waals surface area contributed by atoms with Gasteiger partial charge in [-0.3, -0.25) is 9.69 Å². The molecule has 1 aromatic rings. The largest absolute Gasteiger partial charge is 0.508 e. The van der Waals surface area contributed by atoms with Gasteiger partial charge in [0.2, 0.25) is 5.91 Å². The third-order valence-electron chi connectivity index (χ3n) is 3.50. The van der Waals surface area contributed by atoms with Crippen LogP contribution >= 0.6 is 0 Å². The van der Waals surface area contributed by atoms with Crippen LogP contribution in [-0.2, 0) is 11.2 Å². The molecule has 0 unspecified atom stereocenters. The Morgan fingerprint density at radius 3 is 2.53 bits per heavy atom. The number of hydrogen-bond donors (Lipinski definition) is 2. The van der Waals surface area contributed by atoms with Gasteiger partial charge in [0.25, 0.3) is 0 Å². The fraction of sp³-hybridized carbons (Fsp3) is 0.500. The number of phenols is 1. The molecule has 1 fully saturated rings. The van der Waals surface area contributed by atoms with Crippen molar-refractivity contribution in [2.45, 2.75) is 6.42 Å². The Hall–Kier alpha value is -1.59. The molecule has 0 radical (unpaired) electrons. The Morgan fingerprint density at radius 2 is 1.89 bits per heavy atom. The van der Waals surface area contributed by atoms with Crippen LogP contribution in [0.5, 0.6) is 5.75 Å². The Morgan fingerprint density at radius 1 is 1.21 bits per heavy atom. The number of phenolic OH excluding ortho intramolecular Hbond substituents is 1. The number of nitrogens with zero attached hydrogens (tertiary/aromatic N) is 2. The van der Waals surface area contributed by atoms with Crippen LogP contribution in [0.2, 0.25) is 0 Å². The molecule has 1 saturated heterocycles. The van der Waals surface area contributed by atoms with E-state index in [2.05, 4.69) is 4.90 Å². The zero-order chi connectivity index (χ0) is 13.7. The molecule has 1 aromatic carbocycles. The molecule has 5 heteroatoms. The number of amides is 1. The van der Waals surface area contributed by atoms with E-state index in [1.165, 1.54) is 0 Å². The van der Waals surface area contributed by atoms with Gasteiger partial charge in [-0.15, -0.1) is 0 Å². The van der Waals surface area contributed by atoms with Crippen molar-refractivity contribution in [1.82, 2.24) is 9.80 Å². The van der Waals surface area contributed by atoms with Crippen molar-refractivity contribution in [1.29, 1.82) is 0 Å². The predicted molar refractivity (Wildman–Crippen MR) is 73.9 cm³/mol. The highest BCUT2D eigenvalue weighted by Crippen LogP contribution is 2.17. The number of para-hydroxylation sites is 1. The van der Waals surface area contributed by atoms with Gasteiger partial charge in [0, 0.05) is 44.8 Å². The van der Waals surface area contributed by atoms with Gasteiger partial charge in [-0.05, 0) is 6.07 Å². The quantitative estimate of drug-likeness (QED) is 0.804. The van der Waals surface area contributed by atoms with E-state index >= 15 is 0 Å². The molecule has 19 heavy (non-hydrogen) atoms. The molecule has 0 spiro atoms. The van der Waals surface area contributed by atoms with E-state index in [1.54, 1.807) is 18.2 Å². The second-order valence-corrected chi connectivity index (χ2v) is 4.82. The zero-order valence-electron chi connectivity index (χ0n) is 11.1. The summed E-state index contributed by atoms with van der Waals surface area (Å²) >= 11 is 0. The van der Waals surface area contributed by atoms with Crippen LogP contribution in [0.1, 0.15) is 5.56 Å². The van der Waals surface area contributed by atoms with E-state index in [0.29, 0.717) is 12.1 Å². The summed E-state index contributed by atoms with van der Waals surface area (Å²) in [5.74, 6) is 0.270. The smallest absolute Gasteiger partial charge is 0.227 e. The van der Waals surface area contributed by atoms with Gasteiger partial charge in [-0.25, -0.2) is 0 Å². The van der Waals surface area contributed by atoms with E-state index in [9.17, 15) is 9.90 Å². The average Bonchev–Trinajstić information content (AvgIpc) is 2.42. The monoisotopic (exact) mass is 263 g/mol. The summed E-state index contributed by atoms with van der Waals surface area (Å²) in [5, 5.41) is 9.68. The van der Waals surface area contributed by atoms with Crippen LogP contribution < -0.4 is 5.73 Å². The molecule has 0 aliphatic carbocycles. The third kappa shape index (κ3) is 3.68. The number of aromatic hydroxyl groups is 1. The van der Waals surface area contributed by atoms with Crippen molar-refractivity contribution in [2.75, 3.05) is 39.3 Å². The van der Waals surface area contributed by atoms with Gasteiger partial charge >= 0.3 is 0 Å². The number of benzene rings is 1. The van der Waals surface area contributed by atoms with Crippen LogP contribution in [0.15, 0.2) is 24.3 Å². The number of hydrogen-bond acceptors (Lipinski definition) is 4. The van der Waals surface area contributed by atoms with Crippen LogP contribution in [0.3, 0.4) is 0 Å². The lowest BCUT2D eigenvalue weighted by atomic mass is 10.1. The maximum Gasteiger partial charge on any atom is 0.227 e. The normalized spacial score (nSPS) is 16.6. The Balaban J connectivity index is 1.87. The van der Waals surface area contributed by atoms with Crippen LogP contribution in [0, 0.1) is 0 Å². The lowest BCUT2D eigenvalue weighted by Crippen LogP contribution is -2.50. The first-order valence-electron chi connectivity index (χ1n) is 6.68. The zero-order valence-corrected chi connectivity index (χ0v) is 11.1. The van der Waals surface area contributed by atoms with E-state index < -0.39 is 0 Å². The van der Waals surface area contributed by atoms with Gasteiger partial charge in [-0.2, -0.15) is 0 Å². The molecule has 0 atom stereocenters. The molecule has 104 valence electrons. The highest BCUT2D eigenvalue weighted by atomic mass is 16.3. The summed E-state index contributed by atoms with van der Waals surface area (Å²) in [6.45, 7) is 4.79. The van der Waals surface area contributed by atoms with Gasteiger partial charge in [0.15, 0.2) is 0 Å². The lowest BCUT2D eigenvalue weighted by molar-refractivity contribution is -0.132. The summed E-state index contributed by atoms with van der Waals surface area (Å²) in [4.78, 5) is 16.3. The highest BCUT2D eigenvalue weighted by molar-refractivity contribution is 5.79. The van der Waals surface area contributed by atoms with Crippen molar-refractivity contribution >= 4 is 5.91 Å². The summed E-state index contributed by atoms with van der Waals surface area (Å²) < 4.78 is 0. The van der Waals surface area contributed by atoms with Crippen molar-refractivity contribution < 1.29 is 9.90 Å². The second kappa shape index (κ2) is 6.54. The van der Waals surface area contributed by atoms with Gasteiger partial charge in [-0.1, -0.05) is 18.2 Å². The first-order chi connectivity index (χ1) is 9.20. The summed E-state index contributed by atoms with van der Waals surface area (Å²) in [7, 11) is 0. The summed E-state index contributed by atoms with van der Waals surface area (Å²) in [6, 6.07) is 7.00. The second-order valence-electron chi connectivity index (χ2n) is 4.82.